The number of ether oxygens (including phenoxy) is 2. The second kappa shape index (κ2) is 8.70. The third kappa shape index (κ3) is 6.61. The first kappa shape index (κ1) is 25.5. The molecule has 26 heavy (non-hydrogen) atoms. The van der Waals surface area contributed by atoms with Crippen molar-refractivity contribution in [1.82, 2.24) is 0 Å². The van der Waals surface area contributed by atoms with E-state index in [-0.39, 0.29) is 15.8 Å². The smallest absolute Gasteiger partial charge is 0.459 e. The van der Waals surface area contributed by atoms with Gasteiger partial charge in [-0.15, -0.1) is 0 Å². The summed E-state index contributed by atoms with van der Waals surface area (Å²) < 4.78 is 150. The quantitative estimate of drug-likeness (QED) is 0.288. The Morgan fingerprint density at radius 2 is 1.31 bits per heavy atom. The average Bonchev–Trinajstić information content (AvgIpc) is 2.39. The fraction of sp³-hybridized carbons (Fsp3) is 1.00. The molecule has 0 rings (SSSR count). The molecule has 0 saturated carbocycles. The van der Waals surface area contributed by atoms with Crippen molar-refractivity contribution in [1.29, 1.82) is 0 Å². The molecule has 0 heterocycles. The first-order chi connectivity index (χ1) is 11.4. The van der Waals surface area contributed by atoms with Gasteiger partial charge in [0.15, 0.2) is 9.04 Å². The first-order valence-corrected chi connectivity index (χ1v) is 10.5. The third-order valence-electron chi connectivity index (χ3n) is 2.39. The molecule has 0 aliphatic heterocycles. The fourth-order valence-corrected chi connectivity index (χ4v) is 3.18. The Morgan fingerprint density at radius 3 is 1.69 bits per heavy atom. The molecule has 0 aliphatic rings. The molecule has 0 N–H and O–H groups in total. The summed E-state index contributed by atoms with van der Waals surface area (Å²) in [4.78, 5) is 0. The van der Waals surface area contributed by atoms with Gasteiger partial charge in [-0.1, -0.05) is 0 Å². The third-order valence-corrected chi connectivity index (χ3v) is 5.35. The molecule has 0 aromatic carbocycles. The van der Waals surface area contributed by atoms with E-state index in [9.17, 15) is 48.3 Å². The van der Waals surface area contributed by atoms with Crippen LogP contribution < -0.4 is 0 Å². The van der Waals surface area contributed by atoms with Crippen molar-refractivity contribution in [3.8, 4) is 0 Å². The van der Waals surface area contributed by atoms with Gasteiger partial charge in [-0.2, -0.15) is 48.3 Å². The number of alkyl halides is 11. The summed E-state index contributed by atoms with van der Waals surface area (Å²) in [7, 11) is -1.72. The van der Waals surface area contributed by atoms with Gasteiger partial charge in [0, 0.05) is 6.61 Å². The maximum atomic E-state index is 13.7. The van der Waals surface area contributed by atoms with E-state index in [1.807, 2.05) is 0 Å². The van der Waals surface area contributed by atoms with Crippen LogP contribution in [0.5, 0.6) is 0 Å². The topological polar surface area (TPSA) is 27.7 Å². The molecule has 3 nitrogen and oxygen atoms in total. The summed E-state index contributed by atoms with van der Waals surface area (Å²) in [6, 6.07) is -0.0752. The summed E-state index contributed by atoms with van der Waals surface area (Å²) >= 11 is 0. The normalized spacial score (nSPS) is 16.8. The summed E-state index contributed by atoms with van der Waals surface area (Å²) in [5.41, 5.74) is 0. The van der Waals surface area contributed by atoms with Gasteiger partial charge in [0.05, 0.1) is 0 Å². The standard InChI is InChI=1S/C10H13F11O3Si2/c1-26(2)24-25-4-3-22-5-6(11,8(14,15)16)23-10(20,21)7(12,13)9(17,18)19/h26H,3-5H2,1-2H3. The lowest BCUT2D eigenvalue weighted by molar-refractivity contribution is -0.486. The van der Waals surface area contributed by atoms with Crippen molar-refractivity contribution < 1.29 is 61.9 Å². The Balaban J connectivity index is 5.09. The number of rotatable bonds is 10. The predicted octanol–water partition coefficient (Wildman–Crippen LogP) is 4.08. The molecule has 0 fully saturated rings. The van der Waals surface area contributed by atoms with Crippen molar-refractivity contribution in [3.63, 3.8) is 0 Å². The highest BCUT2D eigenvalue weighted by Crippen LogP contribution is 2.50. The molecule has 156 valence electrons. The van der Waals surface area contributed by atoms with Crippen LogP contribution in [0.4, 0.5) is 48.3 Å². The average molecular weight is 446 g/mol. The fourth-order valence-electron chi connectivity index (χ4n) is 1.14. The summed E-state index contributed by atoms with van der Waals surface area (Å²) in [6.45, 7) is 0.469. The molecule has 0 bridgehead atoms. The molecule has 0 aliphatic carbocycles. The van der Waals surface area contributed by atoms with Crippen LogP contribution in [-0.4, -0.2) is 62.3 Å². The highest BCUT2D eigenvalue weighted by Gasteiger charge is 2.78. The second-order valence-corrected chi connectivity index (χ2v) is 8.86. The highest BCUT2D eigenvalue weighted by atomic mass is 28.3. The van der Waals surface area contributed by atoms with Gasteiger partial charge in [0.2, 0.25) is 9.76 Å². The van der Waals surface area contributed by atoms with E-state index in [0.717, 1.165) is 0 Å². The van der Waals surface area contributed by atoms with Crippen molar-refractivity contribution in [2.24, 2.45) is 0 Å². The molecule has 0 aromatic rings. The second-order valence-electron chi connectivity index (χ2n) is 5.03. The zero-order valence-electron chi connectivity index (χ0n) is 13.1. The Morgan fingerprint density at radius 1 is 0.808 bits per heavy atom. The van der Waals surface area contributed by atoms with Crippen LogP contribution in [0.25, 0.3) is 0 Å². The molecule has 16 heteroatoms. The Kier molecular flexibility index (Phi) is 8.55. The number of halogens is 11. The van der Waals surface area contributed by atoms with Gasteiger partial charge in [0.25, 0.3) is 0 Å². The molecule has 1 unspecified atom stereocenters. The van der Waals surface area contributed by atoms with Gasteiger partial charge in [-0.25, -0.2) is 0 Å². The summed E-state index contributed by atoms with van der Waals surface area (Å²) in [5.74, 6) is -12.7. The van der Waals surface area contributed by atoms with Gasteiger partial charge in [-0.3, -0.25) is 4.74 Å². The minimum absolute atomic E-state index is 0.0752. The summed E-state index contributed by atoms with van der Waals surface area (Å²) in [6.07, 6.45) is -20.2. The largest absolute Gasteiger partial charge is 0.462 e. The minimum Gasteiger partial charge on any atom is -0.459 e. The monoisotopic (exact) mass is 446 g/mol. The van der Waals surface area contributed by atoms with Gasteiger partial charge in [-0.05, 0) is 19.1 Å². The zero-order valence-corrected chi connectivity index (χ0v) is 15.2. The molecule has 0 saturated heterocycles. The van der Waals surface area contributed by atoms with E-state index in [1.165, 1.54) is 0 Å². The van der Waals surface area contributed by atoms with Crippen molar-refractivity contribution >= 4 is 18.8 Å². The lowest BCUT2D eigenvalue weighted by Crippen LogP contribution is -2.60. The van der Waals surface area contributed by atoms with Crippen LogP contribution in [0, 0.1) is 0 Å². The number of hydrogen-bond acceptors (Lipinski definition) is 3. The van der Waals surface area contributed by atoms with E-state index in [2.05, 4.69) is 9.47 Å². The minimum atomic E-state index is -7.07. The maximum absolute atomic E-state index is 13.7. The van der Waals surface area contributed by atoms with Crippen LogP contribution in [-0.2, 0) is 13.6 Å². The van der Waals surface area contributed by atoms with E-state index in [0.29, 0.717) is 0 Å². The predicted molar refractivity (Wildman–Crippen MR) is 68.3 cm³/mol. The maximum Gasteiger partial charge on any atom is 0.462 e. The van der Waals surface area contributed by atoms with Crippen LogP contribution in [0.1, 0.15) is 0 Å². The van der Waals surface area contributed by atoms with E-state index < -0.39 is 52.5 Å². The van der Waals surface area contributed by atoms with E-state index >= 15 is 0 Å². The molecular formula is C10H13F11O3Si2. The van der Waals surface area contributed by atoms with E-state index in [4.69, 9.17) is 4.12 Å². The Hall–Kier alpha value is -0.456. The van der Waals surface area contributed by atoms with Crippen LogP contribution in [0.2, 0.25) is 19.1 Å². The SMILES string of the molecule is C[SiH](C)O[Si]CCOCC(F)(OC(F)(F)C(F)(F)C(F)(F)F)C(F)(F)F. The van der Waals surface area contributed by atoms with Crippen LogP contribution >= 0.6 is 0 Å². The Labute approximate surface area is 144 Å². The van der Waals surface area contributed by atoms with Gasteiger partial charge in [0.1, 0.15) is 6.61 Å². The molecule has 1 atom stereocenters. The molecule has 0 amide bonds. The van der Waals surface area contributed by atoms with Crippen molar-refractivity contribution in [3.05, 3.63) is 0 Å². The van der Waals surface area contributed by atoms with Gasteiger partial charge < -0.3 is 8.85 Å². The van der Waals surface area contributed by atoms with E-state index in [1.54, 1.807) is 13.1 Å². The molecule has 2 radical (unpaired) electrons. The Bertz CT molecular complexity index is 441. The molecule has 0 spiro atoms. The first-order valence-electron chi connectivity index (χ1n) is 6.62. The summed E-state index contributed by atoms with van der Waals surface area (Å²) in [5, 5.41) is 0. The number of hydrogen-bond donors (Lipinski definition) is 0. The lowest BCUT2D eigenvalue weighted by Gasteiger charge is -2.34. The lowest BCUT2D eigenvalue weighted by atomic mass is 10.2. The van der Waals surface area contributed by atoms with Gasteiger partial charge >= 0.3 is 30.2 Å². The van der Waals surface area contributed by atoms with Crippen molar-refractivity contribution in [2.75, 3.05) is 13.2 Å². The van der Waals surface area contributed by atoms with Crippen LogP contribution in [0.15, 0.2) is 0 Å². The molecule has 0 aromatic heterocycles. The zero-order chi connectivity index (χ0) is 21.0. The molecular weight excluding hydrogens is 433 g/mol. The highest BCUT2D eigenvalue weighted by molar-refractivity contribution is 6.56. The van der Waals surface area contributed by atoms with Crippen molar-refractivity contribution in [2.45, 2.75) is 49.4 Å². The van der Waals surface area contributed by atoms with Crippen LogP contribution in [0.3, 0.4) is 0 Å².